The number of hydrogen-bond acceptors (Lipinski definition) is 5. The van der Waals surface area contributed by atoms with Crippen molar-refractivity contribution in [1.82, 2.24) is 30.0 Å². The summed E-state index contributed by atoms with van der Waals surface area (Å²) >= 11 is 0. The van der Waals surface area contributed by atoms with Gasteiger partial charge in [0.05, 0.1) is 12.1 Å². The zero-order valence-corrected chi connectivity index (χ0v) is 15.4. The number of rotatable bonds is 5. The molecule has 1 aliphatic carbocycles. The molecule has 0 aromatic carbocycles. The molecule has 0 N–H and O–H groups in total. The Hall–Kier alpha value is -0.720. The van der Waals surface area contributed by atoms with E-state index in [1.54, 1.807) is 0 Å². The molecule has 23 heavy (non-hydrogen) atoms. The minimum Gasteiger partial charge on any atom is -1.00 e. The van der Waals surface area contributed by atoms with Crippen molar-refractivity contribution < 1.29 is 12.4 Å². The Labute approximate surface area is 146 Å². The quantitative estimate of drug-likeness (QED) is 0.707. The van der Waals surface area contributed by atoms with Gasteiger partial charge in [0, 0.05) is 32.2 Å². The van der Waals surface area contributed by atoms with E-state index < -0.39 is 0 Å². The smallest absolute Gasteiger partial charge is 0.168 e. The fourth-order valence-corrected chi connectivity index (χ4v) is 4.08. The van der Waals surface area contributed by atoms with E-state index in [-0.39, 0.29) is 12.4 Å². The number of piperazine rings is 1. The molecule has 0 radical (unpaired) electrons. The minimum absolute atomic E-state index is 0. The topological polar surface area (TPSA) is 50.1 Å². The standard InChI is InChI=1S/C16H30N6.ClH/c1-4-15(16-17-18-19-22(16)13(2)3)21-11-9-20(10-12-21)14-7-5-6-8-14;/h13-15H,4-12H2,1-3H3;1H/p-1. The fourth-order valence-electron chi connectivity index (χ4n) is 4.08. The van der Waals surface area contributed by atoms with Crippen LogP contribution in [0.1, 0.15) is 70.8 Å². The van der Waals surface area contributed by atoms with Gasteiger partial charge in [0.1, 0.15) is 0 Å². The molecular formula is C16H30ClN6-. The third-order valence-corrected chi connectivity index (χ3v) is 5.32. The first-order valence-corrected chi connectivity index (χ1v) is 8.96. The lowest BCUT2D eigenvalue weighted by Gasteiger charge is -2.41. The molecule has 1 unspecified atom stereocenters. The molecule has 132 valence electrons. The lowest BCUT2D eigenvalue weighted by molar-refractivity contribution is -0.00000515. The van der Waals surface area contributed by atoms with Gasteiger partial charge in [-0.05, 0) is 43.5 Å². The van der Waals surface area contributed by atoms with Crippen molar-refractivity contribution in [1.29, 1.82) is 0 Å². The van der Waals surface area contributed by atoms with Gasteiger partial charge in [-0.1, -0.05) is 19.8 Å². The monoisotopic (exact) mass is 341 g/mol. The summed E-state index contributed by atoms with van der Waals surface area (Å²) in [5.41, 5.74) is 0. The van der Waals surface area contributed by atoms with Crippen LogP contribution < -0.4 is 12.4 Å². The molecule has 1 saturated heterocycles. The first-order valence-electron chi connectivity index (χ1n) is 8.96. The van der Waals surface area contributed by atoms with Gasteiger partial charge in [0.2, 0.25) is 0 Å². The first-order chi connectivity index (χ1) is 10.7. The van der Waals surface area contributed by atoms with E-state index in [2.05, 4.69) is 46.1 Å². The fraction of sp³-hybridized carbons (Fsp3) is 0.938. The van der Waals surface area contributed by atoms with Crippen LogP contribution in [-0.4, -0.2) is 62.2 Å². The Kier molecular flexibility index (Phi) is 6.80. The molecule has 0 spiro atoms. The number of tetrazole rings is 1. The lowest BCUT2D eigenvalue weighted by Crippen LogP contribution is -3.00. The van der Waals surface area contributed by atoms with Crippen molar-refractivity contribution in [3.05, 3.63) is 5.82 Å². The zero-order chi connectivity index (χ0) is 15.5. The van der Waals surface area contributed by atoms with Crippen molar-refractivity contribution in [2.45, 2.75) is 71.0 Å². The summed E-state index contributed by atoms with van der Waals surface area (Å²) in [6, 6.07) is 1.52. The van der Waals surface area contributed by atoms with Crippen LogP contribution >= 0.6 is 0 Å². The van der Waals surface area contributed by atoms with Crippen LogP contribution in [0.4, 0.5) is 0 Å². The molecule has 7 heteroatoms. The second kappa shape index (κ2) is 8.40. The van der Waals surface area contributed by atoms with Crippen molar-refractivity contribution in [3.63, 3.8) is 0 Å². The maximum absolute atomic E-state index is 4.33. The van der Waals surface area contributed by atoms with Crippen molar-refractivity contribution in [2.24, 2.45) is 0 Å². The average molecular weight is 342 g/mol. The Balaban J connectivity index is 0.00000192. The molecule has 2 fully saturated rings. The molecule has 1 aliphatic heterocycles. The van der Waals surface area contributed by atoms with Gasteiger partial charge in [-0.15, -0.1) is 5.10 Å². The van der Waals surface area contributed by atoms with Crippen LogP contribution in [0, 0.1) is 0 Å². The molecule has 1 aromatic rings. The summed E-state index contributed by atoms with van der Waals surface area (Å²) in [6.07, 6.45) is 6.72. The second-order valence-electron chi connectivity index (χ2n) is 7.01. The third kappa shape index (κ3) is 4.03. The molecule has 0 bridgehead atoms. The maximum Gasteiger partial charge on any atom is 0.168 e. The van der Waals surface area contributed by atoms with Gasteiger partial charge < -0.3 is 12.4 Å². The SMILES string of the molecule is CCC(c1nnnn1C(C)C)N1CCN(C2CCCC2)CC1.[Cl-]. The predicted molar refractivity (Wildman–Crippen MR) is 86.6 cm³/mol. The Bertz CT molecular complexity index is 463. The van der Waals surface area contributed by atoms with E-state index in [0.717, 1.165) is 31.4 Å². The van der Waals surface area contributed by atoms with Crippen molar-refractivity contribution >= 4 is 0 Å². The average Bonchev–Trinajstić information content (AvgIpc) is 3.20. The number of nitrogens with zero attached hydrogens (tertiary/aromatic N) is 6. The molecule has 3 rings (SSSR count). The largest absolute Gasteiger partial charge is 1.00 e. The summed E-state index contributed by atoms with van der Waals surface area (Å²) in [5.74, 6) is 1.03. The third-order valence-electron chi connectivity index (χ3n) is 5.32. The second-order valence-corrected chi connectivity index (χ2v) is 7.01. The van der Waals surface area contributed by atoms with Crippen LogP contribution in [-0.2, 0) is 0 Å². The van der Waals surface area contributed by atoms with E-state index in [4.69, 9.17) is 0 Å². The highest BCUT2D eigenvalue weighted by atomic mass is 35.5. The molecule has 2 aliphatic rings. The summed E-state index contributed by atoms with van der Waals surface area (Å²) in [6.45, 7) is 11.2. The Morgan fingerprint density at radius 1 is 1.09 bits per heavy atom. The minimum atomic E-state index is 0. The molecule has 0 amide bonds. The van der Waals surface area contributed by atoms with Crippen LogP contribution in [0.15, 0.2) is 0 Å². The van der Waals surface area contributed by atoms with E-state index in [1.165, 1.54) is 38.8 Å². The Morgan fingerprint density at radius 2 is 1.74 bits per heavy atom. The lowest BCUT2D eigenvalue weighted by atomic mass is 10.1. The number of hydrogen-bond donors (Lipinski definition) is 0. The highest BCUT2D eigenvalue weighted by Gasteiger charge is 2.31. The van der Waals surface area contributed by atoms with E-state index in [0.29, 0.717) is 12.1 Å². The Morgan fingerprint density at radius 3 is 2.30 bits per heavy atom. The molecule has 1 atom stereocenters. The summed E-state index contributed by atoms with van der Waals surface area (Å²) in [5, 5.41) is 12.4. The number of halogens is 1. The van der Waals surface area contributed by atoms with Crippen molar-refractivity contribution in [2.75, 3.05) is 26.2 Å². The van der Waals surface area contributed by atoms with Gasteiger partial charge in [0.15, 0.2) is 5.82 Å². The highest BCUT2D eigenvalue weighted by Crippen LogP contribution is 2.28. The summed E-state index contributed by atoms with van der Waals surface area (Å²) < 4.78 is 1.98. The van der Waals surface area contributed by atoms with E-state index >= 15 is 0 Å². The van der Waals surface area contributed by atoms with Gasteiger partial charge in [0.25, 0.3) is 0 Å². The van der Waals surface area contributed by atoms with Gasteiger partial charge in [-0.25, -0.2) is 4.68 Å². The van der Waals surface area contributed by atoms with Gasteiger partial charge in [-0.2, -0.15) is 0 Å². The van der Waals surface area contributed by atoms with Crippen LogP contribution in [0.5, 0.6) is 0 Å². The summed E-state index contributed by atoms with van der Waals surface area (Å²) in [7, 11) is 0. The van der Waals surface area contributed by atoms with E-state index in [1.807, 2.05) is 4.68 Å². The van der Waals surface area contributed by atoms with Gasteiger partial charge >= 0.3 is 0 Å². The maximum atomic E-state index is 4.33. The van der Waals surface area contributed by atoms with Crippen LogP contribution in [0.25, 0.3) is 0 Å². The molecule has 1 aromatic heterocycles. The van der Waals surface area contributed by atoms with Crippen LogP contribution in [0.2, 0.25) is 0 Å². The first kappa shape index (κ1) is 18.6. The predicted octanol–water partition coefficient (Wildman–Crippen LogP) is -0.731. The van der Waals surface area contributed by atoms with Crippen LogP contribution in [0.3, 0.4) is 0 Å². The molecule has 1 saturated carbocycles. The van der Waals surface area contributed by atoms with Crippen molar-refractivity contribution in [3.8, 4) is 0 Å². The molecular weight excluding hydrogens is 312 g/mol. The van der Waals surface area contributed by atoms with E-state index in [9.17, 15) is 0 Å². The normalized spacial score (nSPS) is 22.4. The van der Waals surface area contributed by atoms with Gasteiger partial charge in [-0.3, -0.25) is 9.80 Å². The molecule has 2 heterocycles. The zero-order valence-electron chi connectivity index (χ0n) is 14.7. The summed E-state index contributed by atoms with van der Waals surface area (Å²) in [4.78, 5) is 5.29. The highest BCUT2D eigenvalue weighted by molar-refractivity contribution is 4.96. The number of aromatic nitrogens is 4. The molecule has 6 nitrogen and oxygen atoms in total.